The van der Waals surface area contributed by atoms with E-state index in [4.69, 9.17) is 11.3 Å². The van der Waals surface area contributed by atoms with Crippen LogP contribution in [0.3, 0.4) is 0 Å². The smallest absolute Gasteiger partial charge is 0.253 e. The van der Waals surface area contributed by atoms with Gasteiger partial charge >= 0.3 is 0 Å². The average molecular weight is 631 g/mol. The Morgan fingerprint density at radius 3 is 2.02 bits per heavy atom. The molecule has 0 radical (unpaired) electrons. The van der Waals surface area contributed by atoms with Gasteiger partial charge in [-0.25, -0.2) is 8.42 Å². The highest BCUT2D eigenvalue weighted by Gasteiger charge is 2.32. The SMILES string of the molecule is CC(C)C[C@H](NC(=O)[C@H](Cc1ccccc1)N=[N+]=N)C(=O)N[C@@H](C)C(=O)N[C@@H](Cc1ccc(CN)cc1)[C@@H](O)CS(C)(=O)=O. The maximum atomic E-state index is 13.3. The van der Waals surface area contributed by atoms with Crippen LogP contribution >= 0.6 is 0 Å². The number of benzene rings is 2. The minimum absolute atomic E-state index is 0.00161. The lowest BCUT2D eigenvalue weighted by molar-refractivity contribution is -0.132. The van der Waals surface area contributed by atoms with Gasteiger partial charge in [0.15, 0.2) is 0 Å². The third kappa shape index (κ3) is 12.7. The van der Waals surface area contributed by atoms with Gasteiger partial charge in [0.25, 0.3) is 5.91 Å². The predicted molar refractivity (Wildman–Crippen MR) is 166 cm³/mol. The number of hydrogen-bond acceptors (Lipinski definition) is 9. The molecule has 0 aliphatic heterocycles. The normalized spacial score (nSPS) is 14.8. The molecule has 0 aliphatic rings. The van der Waals surface area contributed by atoms with E-state index in [-0.39, 0.29) is 25.2 Å². The molecule has 0 saturated carbocycles. The van der Waals surface area contributed by atoms with Crippen molar-refractivity contribution in [1.29, 1.82) is 5.53 Å². The molecule has 0 saturated heterocycles. The highest BCUT2D eigenvalue weighted by molar-refractivity contribution is 7.90. The molecule has 14 heteroatoms. The molecule has 0 heterocycles. The van der Waals surface area contributed by atoms with E-state index in [0.717, 1.165) is 22.9 Å². The molecule has 44 heavy (non-hydrogen) atoms. The molecule has 0 fully saturated rings. The van der Waals surface area contributed by atoms with Gasteiger partial charge in [-0.05, 0) is 42.4 Å². The standard InChI is InChI=1S/C30H43N7O6S/c1-19(2)14-25(35-30(41)26(36-37-32)16-21-8-6-5-7-9-21)29(40)33-20(3)28(39)34-24(27(38)18-44(4,42)43)15-22-10-12-23(17-31)13-11-22/h5-13,19-20,24-27,32,38H,14-18,31H2,1-4H3,(H2-,33,34,35,39,40,41)/p+1/t20-,24-,25-,26-,27-/m0/s1. The van der Waals surface area contributed by atoms with Crippen molar-refractivity contribution < 1.29 is 27.9 Å². The molecule has 0 aliphatic carbocycles. The fraction of sp³-hybridized carbons (Fsp3) is 0.500. The van der Waals surface area contributed by atoms with Crippen LogP contribution in [0.25, 0.3) is 0 Å². The molecule has 2 aromatic rings. The van der Waals surface area contributed by atoms with Crippen molar-refractivity contribution in [2.75, 3.05) is 12.0 Å². The topological polar surface area (TPSA) is 218 Å². The second-order valence-corrected chi connectivity index (χ2v) is 13.5. The minimum atomic E-state index is -3.57. The van der Waals surface area contributed by atoms with Crippen LogP contribution in [0, 0.1) is 11.4 Å². The molecule has 0 aromatic heterocycles. The van der Waals surface area contributed by atoms with E-state index in [1.807, 2.05) is 44.2 Å². The van der Waals surface area contributed by atoms with Crippen LogP contribution in [-0.4, -0.2) is 73.5 Å². The summed E-state index contributed by atoms with van der Waals surface area (Å²) in [5.74, 6) is -2.41. The van der Waals surface area contributed by atoms with E-state index in [9.17, 15) is 27.9 Å². The molecular formula is C30H44N7O6S+. The number of nitrogens with two attached hydrogens (primary N) is 1. The van der Waals surface area contributed by atoms with Gasteiger partial charge in [0.05, 0.1) is 17.9 Å². The molecule has 3 amide bonds. The Hall–Kier alpha value is -3.97. The second kappa shape index (κ2) is 17.4. The zero-order chi connectivity index (χ0) is 32.9. The van der Waals surface area contributed by atoms with E-state index in [0.29, 0.717) is 6.54 Å². The number of amides is 3. The van der Waals surface area contributed by atoms with Crippen LogP contribution in [0.15, 0.2) is 59.7 Å². The Bertz CT molecular complexity index is 1400. The summed E-state index contributed by atoms with van der Waals surface area (Å²) < 4.78 is 23.8. The molecule has 5 atom stereocenters. The minimum Gasteiger partial charge on any atom is -0.390 e. The lowest BCUT2D eigenvalue weighted by Crippen LogP contribution is -2.57. The first kappa shape index (κ1) is 36.2. The maximum absolute atomic E-state index is 13.3. The summed E-state index contributed by atoms with van der Waals surface area (Å²) in [6, 6.07) is 12.2. The molecule has 240 valence electrons. The van der Waals surface area contributed by atoms with Gasteiger partial charge in [-0.2, -0.15) is 0 Å². The van der Waals surface area contributed by atoms with Gasteiger partial charge in [0, 0.05) is 19.2 Å². The number of aliphatic hydroxyl groups excluding tert-OH is 1. The molecule has 13 nitrogen and oxygen atoms in total. The fourth-order valence-corrected chi connectivity index (χ4v) is 5.38. The Kier molecular flexibility index (Phi) is 14.3. The Morgan fingerprint density at radius 1 is 0.886 bits per heavy atom. The van der Waals surface area contributed by atoms with Crippen molar-refractivity contribution in [3.8, 4) is 0 Å². The van der Waals surface area contributed by atoms with Crippen LogP contribution in [0.4, 0.5) is 0 Å². The van der Waals surface area contributed by atoms with Crippen molar-refractivity contribution in [3.63, 3.8) is 0 Å². The lowest BCUT2D eigenvalue weighted by Gasteiger charge is -2.27. The largest absolute Gasteiger partial charge is 0.390 e. The fourth-order valence-electron chi connectivity index (χ4n) is 4.53. The highest BCUT2D eigenvalue weighted by Crippen LogP contribution is 2.12. The monoisotopic (exact) mass is 630 g/mol. The number of sulfone groups is 1. The Morgan fingerprint density at radius 2 is 1.48 bits per heavy atom. The van der Waals surface area contributed by atoms with E-state index in [1.165, 1.54) is 6.92 Å². The van der Waals surface area contributed by atoms with Crippen LogP contribution in [-0.2, 0) is 43.6 Å². The van der Waals surface area contributed by atoms with E-state index < -0.39 is 63.6 Å². The lowest BCUT2D eigenvalue weighted by atomic mass is 10.00. The Labute approximate surface area is 258 Å². The molecule has 0 bridgehead atoms. The van der Waals surface area contributed by atoms with Crippen molar-refractivity contribution in [2.45, 2.75) is 76.8 Å². The molecule has 0 spiro atoms. The van der Waals surface area contributed by atoms with Gasteiger partial charge in [-0.3, -0.25) is 14.4 Å². The first-order valence-electron chi connectivity index (χ1n) is 14.4. The van der Waals surface area contributed by atoms with Gasteiger partial charge in [-0.15, -0.1) is 0 Å². The van der Waals surface area contributed by atoms with Gasteiger partial charge in [0.2, 0.25) is 22.8 Å². The first-order valence-corrected chi connectivity index (χ1v) is 16.4. The average Bonchev–Trinajstić information content (AvgIpc) is 2.95. The highest BCUT2D eigenvalue weighted by atomic mass is 32.2. The van der Waals surface area contributed by atoms with Gasteiger partial charge < -0.3 is 26.8 Å². The summed E-state index contributed by atoms with van der Waals surface area (Å²) in [4.78, 5) is 42.6. The summed E-state index contributed by atoms with van der Waals surface area (Å²) in [7, 11) is -3.57. The number of nitrogens with zero attached hydrogens (tertiary/aromatic N) is 2. The molecule has 7 N–H and O–H groups in total. The molecule has 2 rings (SSSR count). The number of carbonyl (C=O) groups excluding carboxylic acids is 3. The molecule has 0 unspecified atom stereocenters. The van der Waals surface area contributed by atoms with Crippen molar-refractivity contribution in [1.82, 2.24) is 20.9 Å². The number of rotatable bonds is 17. The van der Waals surface area contributed by atoms with Crippen molar-refractivity contribution >= 4 is 27.6 Å². The summed E-state index contributed by atoms with van der Waals surface area (Å²) in [6.07, 6.45) is 0.152. The van der Waals surface area contributed by atoms with Gasteiger partial charge in [0.1, 0.15) is 32.6 Å². The number of nitrogens with one attached hydrogen (secondary N) is 4. The number of aliphatic hydroxyl groups is 1. The Balaban J connectivity index is 2.15. The third-order valence-electron chi connectivity index (χ3n) is 6.84. The van der Waals surface area contributed by atoms with Crippen LogP contribution in [0.2, 0.25) is 0 Å². The van der Waals surface area contributed by atoms with Crippen LogP contribution in [0.5, 0.6) is 0 Å². The maximum Gasteiger partial charge on any atom is 0.253 e. The predicted octanol–water partition coefficient (Wildman–Crippen LogP) is 0.775. The summed E-state index contributed by atoms with van der Waals surface area (Å²) in [6.45, 7) is 5.54. The zero-order valence-electron chi connectivity index (χ0n) is 25.6. The summed E-state index contributed by atoms with van der Waals surface area (Å²) in [5.41, 5.74) is 15.2. The van der Waals surface area contributed by atoms with Crippen molar-refractivity contribution in [3.05, 3.63) is 71.3 Å². The first-order chi connectivity index (χ1) is 20.7. The molecule has 2 aromatic carbocycles. The van der Waals surface area contributed by atoms with Crippen molar-refractivity contribution in [2.24, 2.45) is 16.8 Å². The molecular weight excluding hydrogens is 586 g/mol. The zero-order valence-corrected chi connectivity index (χ0v) is 26.4. The number of carbonyl (C=O) groups is 3. The van der Waals surface area contributed by atoms with E-state index in [1.54, 1.807) is 24.3 Å². The quantitative estimate of drug-likeness (QED) is 0.109. The second-order valence-electron chi connectivity index (χ2n) is 11.3. The van der Waals surface area contributed by atoms with E-state index in [2.05, 4.69) is 26.0 Å². The van der Waals surface area contributed by atoms with E-state index >= 15 is 0 Å². The number of hydrogen-bond donors (Lipinski definition) is 6. The van der Waals surface area contributed by atoms with Gasteiger partial charge in [-0.1, -0.05) is 68.4 Å². The van der Waals surface area contributed by atoms with Crippen LogP contribution < -0.4 is 26.6 Å². The van der Waals surface area contributed by atoms with Crippen LogP contribution in [0.1, 0.15) is 43.9 Å². The summed E-state index contributed by atoms with van der Waals surface area (Å²) >= 11 is 0. The third-order valence-corrected chi connectivity index (χ3v) is 7.79. The summed E-state index contributed by atoms with van der Waals surface area (Å²) in [5, 5.41) is 22.4.